The van der Waals surface area contributed by atoms with Crippen molar-refractivity contribution in [2.24, 2.45) is 0 Å². The van der Waals surface area contributed by atoms with Crippen LogP contribution in [0.4, 0.5) is 5.69 Å². The third-order valence-electron chi connectivity index (χ3n) is 4.20. The number of hydrogen-bond donors (Lipinski definition) is 1. The van der Waals surface area contributed by atoms with Gasteiger partial charge in [-0.3, -0.25) is 9.69 Å². The fourth-order valence-electron chi connectivity index (χ4n) is 2.73. The summed E-state index contributed by atoms with van der Waals surface area (Å²) in [6, 6.07) is 2.18. The standard InChI is InChI=1S/C16H24N2O/c1-11-9-12(2)14(4)16(13(11)3)17-15(19)10-18-7-5-6-8-18/h9H,5-8,10H2,1-4H3,(H,17,19). The molecule has 0 atom stereocenters. The minimum absolute atomic E-state index is 0.109. The van der Waals surface area contributed by atoms with E-state index in [9.17, 15) is 4.79 Å². The molecule has 1 heterocycles. The number of carbonyl (C=O) groups excluding carboxylic acids is 1. The molecule has 3 nitrogen and oxygen atoms in total. The molecular formula is C16H24N2O. The van der Waals surface area contributed by atoms with Crippen molar-refractivity contribution in [1.82, 2.24) is 4.90 Å². The zero-order valence-corrected chi connectivity index (χ0v) is 12.5. The van der Waals surface area contributed by atoms with E-state index in [0.717, 1.165) is 18.8 Å². The summed E-state index contributed by atoms with van der Waals surface area (Å²) < 4.78 is 0. The molecule has 0 spiro atoms. The highest BCUT2D eigenvalue weighted by Gasteiger charge is 2.17. The van der Waals surface area contributed by atoms with E-state index in [-0.39, 0.29) is 5.91 Å². The number of hydrogen-bond acceptors (Lipinski definition) is 2. The minimum Gasteiger partial charge on any atom is -0.324 e. The summed E-state index contributed by atoms with van der Waals surface area (Å²) in [5.74, 6) is 0.109. The average molecular weight is 260 g/mol. The van der Waals surface area contributed by atoms with E-state index in [1.54, 1.807) is 0 Å². The number of rotatable bonds is 3. The molecule has 104 valence electrons. The van der Waals surface area contributed by atoms with E-state index in [0.29, 0.717) is 6.54 Å². The Morgan fingerprint density at radius 3 is 2.16 bits per heavy atom. The van der Waals surface area contributed by atoms with E-state index in [1.807, 2.05) is 0 Å². The minimum atomic E-state index is 0.109. The van der Waals surface area contributed by atoms with Gasteiger partial charge < -0.3 is 5.32 Å². The first-order valence-corrected chi connectivity index (χ1v) is 7.08. The molecule has 1 aliphatic heterocycles. The normalized spacial score (nSPS) is 15.8. The molecule has 0 aromatic heterocycles. The Balaban J connectivity index is 2.11. The van der Waals surface area contributed by atoms with Gasteiger partial charge in [-0.2, -0.15) is 0 Å². The Morgan fingerprint density at radius 2 is 1.63 bits per heavy atom. The van der Waals surface area contributed by atoms with E-state index in [1.165, 1.54) is 35.1 Å². The molecule has 0 radical (unpaired) electrons. The molecule has 1 aliphatic rings. The lowest BCUT2D eigenvalue weighted by atomic mass is 9.98. The van der Waals surface area contributed by atoms with E-state index >= 15 is 0 Å². The third-order valence-corrected chi connectivity index (χ3v) is 4.20. The Hall–Kier alpha value is -1.35. The molecule has 1 saturated heterocycles. The molecule has 0 saturated carbocycles. The van der Waals surface area contributed by atoms with Gasteiger partial charge >= 0.3 is 0 Å². The lowest BCUT2D eigenvalue weighted by Gasteiger charge is -2.18. The predicted molar refractivity (Wildman–Crippen MR) is 79.7 cm³/mol. The molecule has 0 aliphatic carbocycles. The zero-order valence-electron chi connectivity index (χ0n) is 12.5. The smallest absolute Gasteiger partial charge is 0.238 e. The fourth-order valence-corrected chi connectivity index (χ4v) is 2.73. The number of aryl methyl sites for hydroxylation is 2. The van der Waals surface area contributed by atoms with Gasteiger partial charge in [0.2, 0.25) is 5.91 Å². The van der Waals surface area contributed by atoms with Crippen molar-refractivity contribution in [3.63, 3.8) is 0 Å². The lowest BCUT2D eigenvalue weighted by Crippen LogP contribution is -2.31. The highest BCUT2D eigenvalue weighted by atomic mass is 16.2. The Morgan fingerprint density at radius 1 is 1.11 bits per heavy atom. The van der Waals surface area contributed by atoms with Gasteiger partial charge in [0.05, 0.1) is 6.54 Å². The van der Waals surface area contributed by atoms with Crippen LogP contribution in [0.15, 0.2) is 6.07 Å². The molecule has 1 N–H and O–H groups in total. The van der Waals surface area contributed by atoms with Gasteiger partial charge in [-0.25, -0.2) is 0 Å². The summed E-state index contributed by atoms with van der Waals surface area (Å²) in [6.07, 6.45) is 2.43. The van der Waals surface area contributed by atoms with E-state index in [2.05, 4.69) is 44.0 Å². The van der Waals surface area contributed by atoms with Crippen molar-refractivity contribution in [2.45, 2.75) is 40.5 Å². The summed E-state index contributed by atoms with van der Waals surface area (Å²) in [7, 11) is 0. The number of anilines is 1. The quantitative estimate of drug-likeness (QED) is 0.906. The van der Waals surface area contributed by atoms with Gasteiger partial charge in [0, 0.05) is 5.69 Å². The van der Waals surface area contributed by atoms with Gasteiger partial charge in [0.1, 0.15) is 0 Å². The molecule has 3 heteroatoms. The van der Waals surface area contributed by atoms with Gasteiger partial charge in [0.15, 0.2) is 0 Å². The second kappa shape index (κ2) is 5.74. The van der Waals surface area contributed by atoms with Crippen molar-refractivity contribution in [2.75, 3.05) is 25.0 Å². The second-order valence-corrected chi connectivity index (χ2v) is 5.67. The molecule has 2 rings (SSSR count). The average Bonchev–Trinajstić information content (AvgIpc) is 2.85. The first-order valence-electron chi connectivity index (χ1n) is 7.08. The molecule has 0 unspecified atom stereocenters. The van der Waals surface area contributed by atoms with Crippen LogP contribution in [0.2, 0.25) is 0 Å². The van der Waals surface area contributed by atoms with Crippen LogP contribution < -0.4 is 5.32 Å². The largest absolute Gasteiger partial charge is 0.324 e. The van der Waals surface area contributed by atoms with Crippen LogP contribution in [-0.2, 0) is 4.79 Å². The number of likely N-dealkylation sites (tertiary alicyclic amines) is 1. The van der Waals surface area contributed by atoms with Crippen LogP contribution in [0.3, 0.4) is 0 Å². The second-order valence-electron chi connectivity index (χ2n) is 5.67. The molecule has 1 aromatic rings. The summed E-state index contributed by atoms with van der Waals surface area (Å²) in [6.45, 7) is 11.0. The Labute approximate surface area is 116 Å². The molecule has 1 aromatic carbocycles. The van der Waals surface area contributed by atoms with Gasteiger partial charge in [-0.1, -0.05) is 6.07 Å². The van der Waals surface area contributed by atoms with Gasteiger partial charge in [-0.05, 0) is 75.9 Å². The first kappa shape index (κ1) is 14.1. The van der Waals surface area contributed by atoms with Crippen molar-refractivity contribution in [3.8, 4) is 0 Å². The Kier molecular flexibility index (Phi) is 4.25. The topological polar surface area (TPSA) is 32.3 Å². The maximum Gasteiger partial charge on any atom is 0.238 e. The van der Waals surface area contributed by atoms with E-state index in [4.69, 9.17) is 0 Å². The lowest BCUT2D eigenvalue weighted by molar-refractivity contribution is -0.117. The van der Waals surface area contributed by atoms with Crippen LogP contribution in [-0.4, -0.2) is 30.4 Å². The van der Waals surface area contributed by atoms with Crippen molar-refractivity contribution < 1.29 is 4.79 Å². The maximum absolute atomic E-state index is 12.1. The number of carbonyl (C=O) groups is 1. The number of amides is 1. The molecule has 19 heavy (non-hydrogen) atoms. The van der Waals surface area contributed by atoms with Crippen LogP contribution in [0.1, 0.15) is 35.1 Å². The maximum atomic E-state index is 12.1. The van der Waals surface area contributed by atoms with E-state index < -0.39 is 0 Å². The summed E-state index contributed by atoms with van der Waals surface area (Å²) in [5, 5.41) is 3.11. The van der Waals surface area contributed by atoms with Gasteiger partial charge in [0.25, 0.3) is 0 Å². The van der Waals surface area contributed by atoms with Crippen molar-refractivity contribution >= 4 is 11.6 Å². The molecule has 1 amide bonds. The van der Waals surface area contributed by atoms with Crippen LogP contribution in [0, 0.1) is 27.7 Å². The third kappa shape index (κ3) is 3.16. The first-order chi connectivity index (χ1) is 8.99. The van der Waals surface area contributed by atoms with Gasteiger partial charge in [-0.15, -0.1) is 0 Å². The SMILES string of the molecule is Cc1cc(C)c(C)c(NC(=O)CN2CCCC2)c1C. The number of nitrogens with one attached hydrogen (secondary N) is 1. The highest BCUT2D eigenvalue weighted by molar-refractivity contribution is 5.94. The number of benzene rings is 1. The van der Waals surface area contributed by atoms with Crippen LogP contribution in [0.25, 0.3) is 0 Å². The summed E-state index contributed by atoms with van der Waals surface area (Å²) >= 11 is 0. The highest BCUT2D eigenvalue weighted by Crippen LogP contribution is 2.26. The van der Waals surface area contributed by atoms with Crippen molar-refractivity contribution in [3.05, 3.63) is 28.3 Å². The predicted octanol–water partition coefficient (Wildman–Crippen LogP) is 2.95. The number of nitrogens with zero attached hydrogens (tertiary/aromatic N) is 1. The summed E-state index contributed by atoms with van der Waals surface area (Å²) in [5.41, 5.74) is 5.83. The van der Waals surface area contributed by atoms with Crippen LogP contribution in [0.5, 0.6) is 0 Å². The van der Waals surface area contributed by atoms with Crippen molar-refractivity contribution in [1.29, 1.82) is 0 Å². The zero-order chi connectivity index (χ0) is 14.0. The molecule has 0 bridgehead atoms. The monoisotopic (exact) mass is 260 g/mol. The Bertz CT molecular complexity index is 462. The van der Waals surface area contributed by atoms with Crippen LogP contribution >= 0.6 is 0 Å². The fraction of sp³-hybridized carbons (Fsp3) is 0.562. The summed E-state index contributed by atoms with van der Waals surface area (Å²) in [4.78, 5) is 14.4. The molecular weight excluding hydrogens is 236 g/mol. The molecule has 1 fully saturated rings.